The zero-order chi connectivity index (χ0) is 9.14. The van der Waals surface area contributed by atoms with Crippen LogP contribution in [0.1, 0.15) is 13.3 Å². The number of nitrogens with one attached hydrogen (secondary N) is 1. The van der Waals surface area contributed by atoms with Gasteiger partial charge in [0.2, 0.25) is 11.8 Å². The van der Waals surface area contributed by atoms with E-state index in [-0.39, 0.29) is 23.1 Å². The molecule has 0 radical (unpaired) electrons. The van der Waals surface area contributed by atoms with Gasteiger partial charge in [-0.25, -0.2) is 0 Å². The lowest BCUT2D eigenvalue weighted by molar-refractivity contribution is -0.120. The van der Waals surface area contributed by atoms with Crippen LogP contribution in [0.4, 0.5) is 0 Å². The summed E-state index contributed by atoms with van der Waals surface area (Å²) in [6.07, 6.45) is 0.666. The van der Waals surface area contributed by atoms with Gasteiger partial charge in [0.05, 0.1) is 5.25 Å². The van der Waals surface area contributed by atoms with Gasteiger partial charge >= 0.3 is 0 Å². The summed E-state index contributed by atoms with van der Waals surface area (Å²) < 4.78 is 0. The molecule has 1 rings (SSSR count). The molecule has 2 atom stereocenters. The predicted molar refractivity (Wildman–Crippen MR) is 47.7 cm³/mol. The molecule has 0 spiro atoms. The van der Waals surface area contributed by atoms with E-state index in [1.807, 2.05) is 0 Å². The van der Waals surface area contributed by atoms with E-state index in [4.69, 9.17) is 5.73 Å². The Bertz CT molecular complexity index is 208. The lowest BCUT2D eigenvalue weighted by Gasteiger charge is -2.08. The minimum Gasteiger partial charge on any atom is -0.369 e. The van der Waals surface area contributed by atoms with Gasteiger partial charge in [0.15, 0.2) is 0 Å². The van der Waals surface area contributed by atoms with Crippen LogP contribution < -0.4 is 11.1 Å². The van der Waals surface area contributed by atoms with Crippen molar-refractivity contribution in [3.05, 3.63) is 0 Å². The Morgan fingerprint density at radius 3 is 2.67 bits per heavy atom. The van der Waals surface area contributed by atoms with Crippen LogP contribution in [-0.2, 0) is 9.59 Å². The van der Waals surface area contributed by atoms with E-state index < -0.39 is 0 Å². The molecule has 2 amide bonds. The summed E-state index contributed by atoms with van der Waals surface area (Å²) in [5, 5.41) is 2.64. The van der Waals surface area contributed by atoms with Crippen molar-refractivity contribution in [2.24, 2.45) is 5.73 Å². The first-order valence-electron chi connectivity index (χ1n) is 3.77. The highest BCUT2D eigenvalue weighted by Gasteiger charge is 2.29. The van der Waals surface area contributed by atoms with E-state index in [9.17, 15) is 9.59 Å². The van der Waals surface area contributed by atoms with Crippen LogP contribution in [0.25, 0.3) is 0 Å². The zero-order valence-corrected chi connectivity index (χ0v) is 7.69. The second-order valence-corrected chi connectivity index (χ2v) is 4.09. The molecule has 5 heteroatoms. The van der Waals surface area contributed by atoms with Crippen LogP contribution in [0.5, 0.6) is 0 Å². The van der Waals surface area contributed by atoms with Crippen LogP contribution in [0.15, 0.2) is 0 Å². The normalized spacial score (nSPS) is 28.4. The Morgan fingerprint density at radius 2 is 2.25 bits per heavy atom. The summed E-state index contributed by atoms with van der Waals surface area (Å²) in [6.45, 7) is 1.47. The third-order valence-electron chi connectivity index (χ3n) is 1.72. The summed E-state index contributed by atoms with van der Waals surface area (Å²) in [4.78, 5) is 21.4. The molecule has 68 valence electrons. The first-order chi connectivity index (χ1) is 5.59. The third-order valence-corrected chi connectivity index (χ3v) is 3.14. The van der Waals surface area contributed by atoms with E-state index in [0.717, 1.165) is 5.75 Å². The largest absolute Gasteiger partial charge is 0.369 e. The highest BCUT2D eigenvalue weighted by atomic mass is 32.2. The van der Waals surface area contributed by atoms with Crippen LogP contribution in [-0.4, -0.2) is 28.9 Å². The van der Waals surface area contributed by atoms with E-state index in [0.29, 0.717) is 6.42 Å². The van der Waals surface area contributed by atoms with Gasteiger partial charge < -0.3 is 11.1 Å². The summed E-state index contributed by atoms with van der Waals surface area (Å²) in [5.74, 6) is 0.450. The van der Waals surface area contributed by atoms with Gasteiger partial charge in [-0.2, -0.15) is 0 Å². The molecule has 0 aromatic carbocycles. The molecular weight excluding hydrogens is 176 g/mol. The molecule has 1 saturated heterocycles. The topological polar surface area (TPSA) is 72.2 Å². The van der Waals surface area contributed by atoms with Gasteiger partial charge in [-0.15, -0.1) is 11.8 Å². The predicted octanol–water partition coefficient (Wildman–Crippen LogP) is -0.518. The molecule has 1 fully saturated rings. The molecular formula is C7H12N2O2S. The summed E-state index contributed by atoms with van der Waals surface area (Å²) in [6, 6.07) is 0.116. The lowest BCUT2D eigenvalue weighted by Crippen LogP contribution is -2.34. The van der Waals surface area contributed by atoms with Gasteiger partial charge in [0.25, 0.3) is 0 Å². The highest BCUT2D eigenvalue weighted by Crippen LogP contribution is 2.26. The summed E-state index contributed by atoms with van der Waals surface area (Å²) in [5.41, 5.74) is 5.12. The van der Waals surface area contributed by atoms with Crippen molar-refractivity contribution in [1.82, 2.24) is 5.32 Å². The molecule has 0 bridgehead atoms. The second-order valence-electron chi connectivity index (χ2n) is 2.86. The van der Waals surface area contributed by atoms with E-state index in [1.165, 1.54) is 18.7 Å². The maximum Gasteiger partial charge on any atom is 0.230 e. The molecule has 0 aromatic heterocycles. The number of primary amides is 1. The molecule has 12 heavy (non-hydrogen) atoms. The Labute approximate surface area is 75.3 Å². The van der Waals surface area contributed by atoms with Crippen molar-refractivity contribution in [1.29, 1.82) is 0 Å². The molecule has 0 saturated carbocycles. The fourth-order valence-electron chi connectivity index (χ4n) is 1.21. The number of thioether (sulfide) groups is 1. The van der Waals surface area contributed by atoms with Gasteiger partial charge in [-0.3, -0.25) is 9.59 Å². The fraction of sp³-hybridized carbons (Fsp3) is 0.714. The minimum atomic E-state index is -0.284. The highest BCUT2D eigenvalue weighted by molar-refractivity contribution is 8.00. The number of amides is 2. The monoisotopic (exact) mass is 188 g/mol. The van der Waals surface area contributed by atoms with Crippen molar-refractivity contribution >= 4 is 23.6 Å². The van der Waals surface area contributed by atoms with Crippen LogP contribution in [0, 0.1) is 0 Å². The quantitative estimate of drug-likeness (QED) is 0.612. The van der Waals surface area contributed by atoms with Crippen molar-refractivity contribution in [3.8, 4) is 0 Å². The minimum absolute atomic E-state index is 0.0503. The average Bonchev–Trinajstić information content (AvgIpc) is 2.34. The number of rotatable bonds is 2. The summed E-state index contributed by atoms with van der Waals surface area (Å²) in [7, 11) is 0. The Kier molecular flexibility index (Phi) is 2.97. The first-order valence-corrected chi connectivity index (χ1v) is 4.82. The van der Waals surface area contributed by atoms with Crippen molar-refractivity contribution in [2.75, 3.05) is 5.75 Å². The van der Waals surface area contributed by atoms with Crippen molar-refractivity contribution in [3.63, 3.8) is 0 Å². The number of nitrogens with two attached hydrogens (primary N) is 1. The molecule has 0 aliphatic carbocycles. The van der Waals surface area contributed by atoms with Gasteiger partial charge in [-0.05, 0) is 6.42 Å². The summed E-state index contributed by atoms with van der Waals surface area (Å²) >= 11 is 1.51. The fourth-order valence-corrected chi connectivity index (χ4v) is 2.43. The Hall–Kier alpha value is -0.710. The first kappa shape index (κ1) is 9.38. The molecule has 3 N–H and O–H groups in total. The van der Waals surface area contributed by atoms with Gasteiger partial charge in [0.1, 0.15) is 0 Å². The van der Waals surface area contributed by atoms with Gasteiger partial charge in [0, 0.05) is 18.7 Å². The second kappa shape index (κ2) is 3.80. The molecule has 1 aliphatic heterocycles. The molecule has 1 aliphatic rings. The standard InChI is InChI=1S/C7H12N2O2S/c1-4(10)9-5-2-6(7(8)11)12-3-5/h5-6H,2-3H2,1H3,(H2,8,11)(H,9,10). The number of hydrogen-bond donors (Lipinski definition) is 2. The van der Waals surface area contributed by atoms with Crippen molar-refractivity contribution in [2.45, 2.75) is 24.6 Å². The number of hydrogen-bond acceptors (Lipinski definition) is 3. The van der Waals surface area contributed by atoms with E-state index in [2.05, 4.69) is 5.32 Å². The SMILES string of the molecule is CC(=O)NC1CSC(C(N)=O)C1. The van der Waals surface area contributed by atoms with Crippen molar-refractivity contribution < 1.29 is 9.59 Å². The number of carbonyl (C=O) groups excluding carboxylic acids is 2. The van der Waals surface area contributed by atoms with Crippen LogP contribution >= 0.6 is 11.8 Å². The maximum atomic E-state index is 10.7. The molecule has 4 nitrogen and oxygen atoms in total. The van der Waals surface area contributed by atoms with E-state index in [1.54, 1.807) is 0 Å². The number of carbonyl (C=O) groups is 2. The smallest absolute Gasteiger partial charge is 0.230 e. The molecule has 2 unspecified atom stereocenters. The van der Waals surface area contributed by atoms with Gasteiger partial charge in [-0.1, -0.05) is 0 Å². The maximum absolute atomic E-state index is 10.7. The third kappa shape index (κ3) is 2.41. The molecule has 1 heterocycles. The Balaban J connectivity index is 2.35. The Morgan fingerprint density at radius 1 is 1.58 bits per heavy atom. The zero-order valence-electron chi connectivity index (χ0n) is 6.87. The molecule has 0 aromatic rings. The lowest BCUT2D eigenvalue weighted by atomic mass is 10.2. The van der Waals surface area contributed by atoms with E-state index >= 15 is 0 Å². The average molecular weight is 188 g/mol. The van der Waals surface area contributed by atoms with Crippen LogP contribution in [0.2, 0.25) is 0 Å². The van der Waals surface area contributed by atoms with Crippen LogP contribution in [0.3, 0.4) is 0 Å².